The van der Waals surface area contributed by atoms with E-state index in [4.69, 9.17) is 0 Å². The number of nitrogens with one attached hydrogen (secondary N) is 1. The minimum atomic E-state index is 0.640. The van der Waals surface area contributed by atoms with E-state index in [1.54, 1.807) is 0 Å². The fraction of sp³-hybridized carbons (Fsp3) is 0.647. The molecule has 2 atom stereocenters. The van der Waals surface area contributed by atoms with Gasteiger partial charge >= 0.3 is 0 Å². The zero-order valence-corrected chi connectivity index (χ0v) is 12.6. The molecule has 1 fully saturated rings. The molecule has 106 valence electrons. The number of rotatable bonds is 5. The number of likely N-dealkylation sites (tertiary alicyclic amines) is 1. The topological polar surface area (TPSA) is 15.3 Å². The van der Waals surface area contributed by atoms with Crippen LogP contribution in [0, 0.1) is 5.92 Å². The Balaban J connectivity index is 1.88. The highest BCUT2D eigenvalue weighted by Gasteiger charge is 2.27. The zero-order chi connectivity index (χ0) is 13.7. The Morgan fingerprint density at radius 1 is 1.21 bits per heavy atom. The van der Waals surface area contributed by atoms with Crippen molar-refractivity contribution in [3.05, 3.63) is 35.9 Å². The summed E-state index contributed by atoms with van der Waals surface area (Å²) < 4.78 is 0. The molecule has 2 heteroatoms. The van der Waals surface area contributed by atoms with Crippen molar-refractivity contribution in [3.63, 3.8) is 0 Å². The quantitative estimate of drug-likeness (QED) is 0.874. The van der Waals surface area contributed by atoms with Gasteiger partial charge in [0, 0.05) is 31.7 Å². The van der Waals surface area contributed by atoms with Crippen molar-refractivity contribution in [2.45, 2.75) is 52.2 Å². The summed E-state index contributed by atoms with van der Waals surface area (Å²) in [5.41, 5.74) is 1.39. The molecule has 1 saturated heterocycles. The lowest BCUT2D eigenvalue weighted by Gasteiger charge is -2.40. The molecular weight excluding hydrogens is 232 g/mol. The smallest absolute Gasteiger partial charge is 0.0208 e. The van der Waals surface area contributed by atoms with E-state index in [0.29, 0.717) is 12.1 Å². The predicted molar refractivity (Wildman–Crippen MR) is 82.2 cm³/mol. The molecule has 2 rings (SSSR count). The van der Waals surface area contributed by atoms with Crippen LogP contribution >= 0.6 is 0 Å². The first-order valence-electron chi connectivity index (χ1n) is 7.70. The van der Waals surface area contributed by atoms with Gasteiger partial charge in [-0.05, 0) is 31.7 Å². The second-order valence-electron chi connectivity index (χ2n) is 6.12. The summed E-state index contributed by atoms with van der Waals surface area (Å²) in [4.78, 5) is 2.63. The Hall–Kier alpha value is -0.860. The fourth-order valence-electron chi connectivity index (χ4n) is 2.96. The Morgan fingerprint density at radius 3 is 2.58 bits per heavy atom. The van der Waals surface area contributed by atoms with Crippen LogP contribution < -0.4 is 5.32 Å². The van der Waals surface area contributed by atoms with E-state index in [1.165, 1.54) is 31.5 Å². The van der Waals surface area contributed by atoms with Gasteiger partial charge in [0.05, 0.1) is 0 Å². The molecular formula is C17H28N2. The van der Waals surface area contributed by atoms with Gasteiger partial charge in [0.1, 0.15) is 0 Å². The lowest BCUT2D eigenvalue weighted by molar-refractivity contribution is 0.109. The van der Waals surface area contributed by atoms with Gasteiger partial charge in [-0.2, -0.15) is 0 Å². The van der Waals surface area contributed by atoms with E-state index in [9.17, 15) is 0 Å². The van der Waals surface area contributed by atoms with Crippen molar-refractivity contribution in [2.75, 3.05) is 13.1 Å². The first-order chi connectivity index (χ1) is 9.19. The van der Waals surface area contributed by atoms with Gasteiger partial charge in [0.2, 0.25) is 0 Å². The molecule has 1 N–H and O–H groups in total. The van der Waals surface area contributed by atoms with Crippen molar-refractivity contribution >= 4 is 0 Å². The number of nitrogens with zero attached hydrogens (tertiary/aromatic N) is 1. The second-order valence-corrected chi connectivity index (χ2v) is 6.12. The Kier molecular flexibility index (Phi) is 5.41. The van der Waals surface area contributed by atoms with Crippen LogP contribution in [0.4, 0.5) is 0 Å². The average molecular weight is 260 g/mol. The maximum Gasteiger partial charge on any atom is 0.0208 e. The average Bonchev–Trinajstić information content (AvgIpc) is 2.45. The van der Waals surface area contributed by atoms with Crippen LogP contribution in [-0.2, 0) is 6.54 Å². The standard InChI is InChI=1S/C17H28N2/c1-4-15-10-17(13-19(12-15)14(2)3)18-11-16-8-6-5-7-9-16/h5-9,14-15,17-18H,4,10-13H2,1-3H3. The number of hydrogen-bond acceptors (Lipinski definition) is 2. The number of piperidine rings is 1. The first kappa shape index (κ1) is 14.5. The summed E-state index contributed by atoms with van der Waals surface area (Å²) in [5, 5.41) is 3.75. The minimum Gasteiger partial charge on any atom is -0.309 e. The van der Waals surface area contributed by atoms with Crippen LogP contribution in [0.25, 0.3) is 0 Å². The van der Waals surface area contributed by atoms with Crippen LogP contribution in [0.15, 0.2) is 30.3 Å². The third kappa shape index (κ3) is 4.32. The highest BCUT2D eigenvalue weighted by molar-refractivity contribution is 5.14. The maximum absolute atomic E-state index is 3.75. The molecule has 1 aromatic carbocycles. The van der Waals surface area contributed by atoms with E-state index < -0.39 is 0 Å². The normalized spacial score (nSPS) is 24.8. The molecule has 1 aliphatic heterocycles. The molecule has 0 aliphatic carbocycles. The number of hydrogen-bond donors (Lipinski definition) is 1. The van der Waals surface area contributed by atoms with Crippen LogP contribution in [0.1, 0.15) is 39.2 Å². The van der Waals surface area contributed by atoms with E-state index >= 15 is 0 Å². The summed E-state index contributed by atoms with van der Waals surface area (Å²) in [5.74, 6) is 0.851. The highest BCUT2D eigenvalue weighted by atomic mass is 15.2. The largest absolute Gasteiger partial charge is 0.309 e. The van der Waals surface area contributed by atoms with Crippen LogP contribution in [0.2, 0.25) is 0 Å². The Labute approximate surface area is 118 Å². The SMILES string of the molecule is CCC1CC(NCc2ccccc2)CN(C(C)C)C1. The van der Waals surface area contributed by atoms with Crippen LogP contribution in [0.5, 0.6) is 0 Å². The molecule has 0 amide bonds. The van der Waals surface area contributed by atoms with Crippen molar-refractivity contribution < 1.29 is 0 Å². The second kappa shape index (κ2) is 7.06. The monoisotopic (exact) mass is 260 g/mol. The van der Waals surface area contributed by atoms with Gasteiger partial charge in [-0.15, -0.1) is 0 Å². The Bertz CT molecular complexity index is 361. The van der Waals surface area contributed by atoms with E-state index in [-0.39, 0.29) is 0 Å². The van der Waals surface area contributed by atoms with Gasteiger partial charge < -0.3 is 5.32 Å². The van der Waals surface area contributed by atoms with Gasteiger partial charge in [0.15, 0.2) is 0 Å². The van der Waals surface area contributed by atoms with Crippen molar-refractivity contribution in [3.8, 4) is 0 Å². The van der Waals surface area contributed by atoms with Gasteiger partial charge in [-0.3, -0.25) is 4.90 Å². The molecule has 2 nitrogen and oxygen atoms in total. The summed E-state index contributed by atoms with van der Waals surface area (Å²) in [6, 6.07) is 12.0. The summed E-state index contributed by atoms with van der Waals surface area (Å²) in [6.45, 7) is 10.4. The summed E-state index contributed by atoms with van der Waals surface area (Å²) in [7, 11) is 0. The zero-order valence-electron chi connectivity index (χ0n) is 12.6. The predicted octanol–water partition coefficient (Wildman–Crippen LogP) is 3.29. The summed E-state index contributed by atoms with van der Waals surface area (Å²) >= 11 is 0. The van der Waals surface area contributed by atoms with Crippen LogP contribution in [0.3, 0.4) is 0 Å². The molecule has 1 heterocycles. The third-order valence-electron chi connectivity index (χ3n) is 4.31. The molecule has 2 unspecified atom stereocenters. The molecule has 0 saturated carbocycles. The molecule has 0 radical (unpaired) electrons. The van der Waals surface area contributed by atoms with E-state index in [2.05, 4.69) is 61.3 Å². The van der Waals surface area contributed by atoms with Crippen LogP contribution in [-0.4, -0.2) is 30.1 Å². The van der Waals surface area contributed by atoms with Crippen molar-refractivity contribution in [1.29, 1.82) is 0 Å². The van der Waals surface area contributed by atoms with E-state index in [1.807, 2.05) is 0 Å². The minimum absolute atomic E-state index is 0.640. The van der Waals surface area contributed by atoms with E-state index in [0.717, 1.165) is 12.5 Å². The molecule has 0 bridgehead atoms. The molecule has 1 aliphatic rings. The van der Waals surface area contributed by atoms with Gasteiger partial charge in [-0.25, -0.2) is 0 Å². The lowest BCUT2D eigenvalue weighted by atomic mass is 9.91. The lowest BCUT2D eigenvalue weighted by Crippen LogP contribution is -2.51. The maximum atomic E-state index is 3.75. The molecule has 0 spiro atoms. The first-order valence-corrected chi connectivity index (χ1v) is 7.70. The van der Waals surface area contributed by atoms with Crippen molar-refractivity contribution in [1.82, 2.24) is 10.2 Å². The third-order valence-corrected chi connectivity index (χ3v) is 4.31. The molecule has 19 heavy (non-hydrogen) atoms. The van der Waals surface area contributed by atoms with Crippen molar-refractivity contribution in [2.24, 2.45) is 5.92 Å². The Morgan fingerprint density at radius 2 is 1.95 bits per heavy atom. The van der Waals surface area contributed by atoms with Gasteiger partial charge in [-0.1, -0.05) is 43.7 Å². The van der Waals surface area contributed by atoms with Gasteiger partial charge in [0.25, 0.3) is 0 Å². The number of benzene rings is 1. The highest BCUT2D eigenvalue weighted by Crippen LogP contribution is 2.21. The fourth-order valence-corrected chi connectivity index (χ4v) is 2.96. The molecule has 1 aromatic rings. The summed E-state index contributed by atoms with van der Waals surface area (Å²) in [6.07, 6.45) is 2.62. The molecule has 0 aromatic heterocycles.